The number of methoxy groups -OCH3 is 2. The Morgan fingerprint density at radius 2 is 1.52 bits per heavy atom. The number of ether oxygens (including phenoxy) is 2. The van der Waals surface area contributed by atoms with Gasteiger partial charge >= 0.3 is 0 Å². The summed E-state index contributed by atoms with van der Waals surface area (Å²) in [4.78, 5) is 30.5. The fraction of sp³-hybridized carbons (Fsp3) is 0.333. The van der Waals surface area contributed by atoms with Crippen LogP contribution >= 0.6 is 11.6 Å². The molecule has 164 valence electrons. The first-order valence-corrected chi connectivity index (χ1v) is 10.5. The van der Waals surface area contributed by atoms with Crippen LogP contribution in [0.25, 0.3) is 5.57 Å². The molecule has 0 bridgehead atoms. The van der Waals surface area contributed by atoms with Gasteiger partial charge in [-0.3, -0.25) is 9.59 Å². The molecule has 0 spiro atoms. The number of hydrogen-bond acceptors (Lipinski definition) is 5. The zero-order valence-corrected chi connectivity index (χ0v) is 19.0. The van der Waals surface area contributed by atoms with Crippen molar-refractivity contribution in [2.24, 2.45) is 0 Å². The maximum Gasteiger partial charge on any atom is 0.282 e. The van der Waals surface area contributed by atoms with Crippen molar-refractivity contribution in [1.29, 1.82) is 0 Å². The third-order valence-corrected chi connectivity index (χ3v) is 5.50. The molecule has 0 N–H and O–H groups in total. The molecular formula is C24H27ClN2O4. The molecule has 1 heterocycles. The summed E-state index contributed by atoms with van der Waals surface area (Å²) in [5.74, 6) is -0.702. The second-order valence-electron chi connectivity index (χ2n) is 7.44. The predicted octanol–water partition coefficient (Wildman–Crippen LogP) is 3.84. The Morgan fingerprint density at radius 1 is 0.903 bits per heavy atom. The van der Waals surface area contributed by atoms with E-state index in [4.69, 9.17) is 21.1 Å². The van der Waals surface area contributed by atoms with E-state index < -0.39 is 0 Å². The maximum absolute atomic E-state index is 13.7. The molecule has 2 aromatic rings. The van der Waals surface area contributed by atoms with E-state index in [1.807, 2.05) is 36.9 Å². The van der Waals surface area contributed by atoms with Crippen LogP contribution in [0.15, 0.2) is 48.2 Å². The van der Waals surface area contributed by atoms with Gasteiger partial charge in [-0.25, -0.2) is 4.90 Å². The Labute approximate surface area is 188 Å². The van der Waals surface area contributed by atoms with Gasteiger partial charge in [0.1, 0.15) is 5.70 Å². The summed E-state index contributed by atoms with van der Waals surface area (Å²) < 4.78 is 10.5. The van der Waals surface area contributed by atoms with Crippen molar-refractivity contribution in [2.45, 2.75) is 13.8 Å². The van der Waals surface area contributed by atoms with Crippen LogP contribution in [0.3, 0.4) is 0 Å². The minimum atomic E-state index is -0.351. The molecule has 1 aliphatic heterocycles. The molecule has 31 heavy (non-hydrogen) atoms. The van der Waals surface area contributed by atoms with Crippen molar-refractivity contribution in [3.63, 3.8) is 0 Å². The smallest absolute Gasteiger partial charge is 0.282 e. The molecule has 0 atom stereocenters. The highest BCUT2D eigenvalue weighted by Gasteiger charge is 2.42. The Bertz CT molecular complexity index is 993. The first-order valence-electron chi connectivity index (χ1n) is 10.1. The molecule has 3 rings (SSSR count). The van der Waals surface area contributed by atoms with E-state index in [1.165, 1.54) is 4.90 Å². The normalized spacial score (nSPS) is 14.0. The fourth-order valence-electron chi connectivity index (χ4n) is 3.61. The number of carbonyl (C=O) groups is 2. The van der Waals surface area contributed by atoms with Gasteiger partial charge in [-0.1, -0.05) is 35.9 Å². The predicted molar refractivity (Wildman–Crippen MR) is 122 cm³/mol. The molecule has 0 aliphatic carbocycles. The molecule has 0 aromatic heterocycles. The van der Waals surface area contributed by atoms with Gasteiger partial charge in [0.25, 0.3) is 11.8 Å². The zero-order valence-electron chi connectivity index (χ0n) is 18.3. The molecular weight excluding hydrogens is 416 g/mol. The number of halogens is 1. The second kappa shape index (κ2) is 10.1. The van der Waals surface area contributed by atoms with E-state index in [-0.39, 0.29) is 11.8 Å². The van der Waals surface area contributed by atoms with Crippen molar-refractivity contribution in [3.8, 4) is 0 Å². The summed E-state index contributed by atoms with van der Waals surface area (Å²) in [6.07, 6.45) is 0. The number of hydrogen-bond donors (Lipinski definition) is 0. The third-order valence-electron chi connectivity index (χ3n) is 5.24. The molecule has 1 aliphatic rings. The average Bonchev–Trinajstić information content (AvgIpc) is 3.01. The van der Waals surface area contributed by atoms with E-state index >= 15 is 0 Å². The van der Waals surface area contributed by atoms with Crippen LogP contribution in [0, 0.1) is 13.8 Å². The van der Waals surface area contributed by atoms with Gasteiger partial charge in [0.05, 0.1) is 24.5 Å². The van der Waals surface area contributed by atoms with Crippen molar-refractivity contribution in [2.75, 3.05) is 45.4 Å². The van der Waals surface area contributed by atoms with Crippen LogP contribution in [0.1, 0.15) is 16.7 Å². The lowest BCUT2D eigenvalue weighted by atomic mass is 10.0. The van der Waals surface area contributed by atoms with Gasteiger partial charge in [0.2, 0.25) is 0 Å². The summed E-state index contributed by atoms with van der Waals surface area (Å²) in [6, 6.07) is 12.7. The standard InChI is InChI=1S/C24H27ClN2O4/c1-16-5-6-17(2)20(15-16)27-23(28)21(18-7-9-19(25)10-8-18)22(24(27)29)26(11-13-30-3)12-14-31-4/h5-10,15H,11-14H2,1-4H3. The number of amides is 2. The molecule has 0 radical (unpaired) electrons. The van der Waals surface area contributed by atoms with E-state index in [1.54, 1.807) is 38.5 Å². The molecule has 0 unspecified atom stereocenters. The molecule has 0 saturated carbocycles. The molecule has 0 fully saturated rings. The number of benzene rings is 2. The lowest BCUT2D eigenvalue weighted by Gasteiger charge is -2.26. The van der Waals surface area contributed by atoms with E-state index in [0.717, 1.165) is 11.1 Å². The fourth-order valence-corrected chi connectivity index (χ4v) is 3.73. The van der Waals surface area contributed by atoms with Gasteiger partial charge in [-0.05, 0) is 48.7 Å². The van der Waals surface area contributed by atoms with Crippen LogP contribution in [-0.4, -0.2) is 57.2 Å². The highest BCUT2D eigenvalue weighted by atomic mass is 35.5. The molecule has 7 heteroatoms. The monoisotopic (exact) mass is 442 g/mol. The minimum Gasteiger partial charge on any atom is -0.383 e. The molecule has 2 aromatic carbocycles. The summed E-state index contributed by atoms with van der Waals surface area (Å²) in [5, 5.41) is 0.560. The summed E-state index contributed by atoms with van der Waals surface area (Å²) in [5.41, 5.74) is 3.76. The number of carbonyl (C=O) groups excluding carboxylic acids is 2. The molecule has 6 nitrogen and oxygen atoms in total. The van der Waals surface area contributed by atoms with Gasteiger partial charge in [0.15, 0.2) is 0 Å². The lowest BCUT2D eigenvalue weighted by molar-refractivity contribution is -0.120. The zero-order chi connectivity index (χ0) is 22.5. The number of nitrogens with zero attached hydrogens (tertiary/aromatic N) is 2. The van der Waals surface area contributed by atoms with Crippen molar-refractivity contribution in [3.05, 3.63) is 69.9 Å². The molecule has 2 amide bonds. The SMILES string of the molecule is COCCN(CCOC)C1=C(c2ccc(Cl)cc2)C(=O)N(c2cc(C)ccc2C)C1=O. The van der Waals surface area contributed by atoms with Crippen LogP contribution in [0.4, 0.5) is 5.69 Å². The van der Waals surface area contributed by atoms with Gasteiger partial charge < -0.3 is 14.4 Å². The number of aryl methyl sites for hydroxylation is 2. The van der Waals surface area contributed by atoms with E-state index in [9.17, 15) is 9.59 Å². The third kappa shape index (κ3) is 4.82. The highest BCUT2D eigenvalue weighted by molar-refractivity contribution is 6.45. The van der Waals surface area contributed by atoms with Crippen molar-refractivity contribution >= 4 is 34.7 Å². The largest absolute Gasteiger partial charge is 0.383 e. The summed E-state index contributed by atoms with van der Waals surface area (Å²) in [6.45, 7) is 5.55. The first-order chi connectivity index (χ1) is 14.9. The van der Waals surface area contributed by atoms with Crippen LogP contribution < -0.4 is 4.90 Å². The number of anilines is 1. The van der Waals surface area contributed by atoms with Crippen LogP contribution in [0.5, 0.6) is 0 Å². The van der Waals surface area contributed by atoms with Crippen molar-refractivity contribution in [1.82, 2.24) is 4.90 Å². The van der Waals surface area contributed by atoms with E-state index in [2.05, 4.69) is 0 Å². The summed E-state index contributed by atoms with van der Waals surface area (Å²) >= 11 is 6.06. The molecule has 0 saturated heterocycles. The van der Waals surface area contributed by atoms with Crippen LogP contribution in [-0.2, 0) is 19.1 Å². The van der Waals surface area contributed by atoms with Gasteiger partial charge in [0, 0.05) is 32.3 Å². The maximum atomic E-state index is 13.7. The lowest BCUT2D eigenvalue weighted by Crippen LogP contribution is -2.38. The Balaban J connectivity index is 2.16. The first kappa shape index (κ1) is 23.0. The number of imide groups is 1. The quantitative estimate of drug-likeness (QED) is 0.552. The Hall–Kier alpha value is -2.67. The van der Waals surface area contributed by atoms with Gasteiger partial charge in [-0.2, -0.15) is 0 Å². The minimum absolute atomic E-state index is 0.349. The highest BCUT2D eigenvalue weighted by Crippen LogP contribution is 2.36. The Morgan fingerprint density at radius 3 is 2.10 bits per heavy atom. The van der Waals surface area contributed by atoms with E-state index in [0.29, 0.717) is 53.8 Å². The van der Waals surface area contributed by atoms with Gasteiger partial charge in [-0.15, -0.1) is 0 Å². The van der Waals surface area contributed by atoms with Crippen LogP contribution in [0.2, 0.25) is 5.02 Å². The summed E-state index contributed by atoms with van der Waals surface area (Å²) in [7, 11) is 3.21. The Kier molecular flexibility index (Phi) is 7.49. The van der Waals surface area contributed by atoms with Crippen molar-refractivity contribution < 1.29 is 19.1 Å². The topological polar surface area (TPSA) is 59.1 Å². The second-order valence-corrected chi connectivity index (χ2v) is 7.88. The average molecular weight is 443 g/mol. The number of rotatable bonds is 9.